The highest BCUT2D eigenvalue weighted by Crippen LogP contribution is 2.33. The smallest absolute Gasteiger partial charge is 0.125 e. The summed E-state index contributed by atoms with van der Waals surface area (Å²) < 4.78 is 6.27. The van der Waals surface area contributed by atoms with Crippen LogP contribution in [0.3, 0.4) is 0 Å². The molecule has 0 amide bonds. The standard InChI is InChI=1S/C13H15BrN2OS/c1-15-7-12-11(8-17-2)16-13(18-12)9-5-3-4-6-10(9)14/h3-6,15H,7-8H2,1-2H3. The van der Waals surface area contributed by atoms with E-state index in [-0.39, 0.29) is 0 Å². The summed E-state index contributed by atoms with van der Waals surface area (Å²) in [5, 5.41) is 4.19. The molecule has 1 aromatic heterocycles. The molecule has 0 bridgehead atoms. The molecular formula is C13H15BrN2OS. The minimum Gasteiger partial charge on any atom is -0.378 e. The molecule has 96 valence electrons. The van der Waals surface area contributed by atoms with Gasteiger partial charge in [0.05, 0.1) is 12.3 Å². The first-order valence-electron chi connectivity index (χ1n) is 5.63. The lowest BCUT2D eigenvalue weighted by Gasteiger charge is -1.98. The average molecular weight is 327 g/mol. The van der Waals surface area contributed by atoms with Crippen molar-refractivity contribution in [3.8, 4) is 10.6 Å². The number of ether oxygens (including phenoxy) is 1. The van der Waals surface area contributed by atoms with E-state index in [0.29, 0.717) is 6.61 Å². The zero-order chi connectivity index (χ0) is 13.0. The lowest BCUT2D eigenvalue weighted by atomic mass is 10.2. The van der Waals surface area contributed by atoms with Crippen LogP contribution in [0.15, 0.2) is 28.7 Å². The van der Waals surface area contributed by atoms with Gasteiger partial charge in [0, 0.05) is 28.6 Å². The molecule has 0 aliphatic rings. The minimum atomic E-state index is 0.554. The number of thiazole rings is 1. The maximum atomic E-state index is 5.20. The van der Waals surface area contributed by atoms with Gasteiger partial charge in [0.25, 0.3) is 0 Å². The molecule has 0 atom stereocenters. The molecule has 0 saturated heterocycles. The van der Waals surface area contributed by atoms with Crippen LogP contribution in [0.25, 0.3) is 10.6 Å². The SMILES string of the molecule is CNCc1sc(-c2ccccc2Br)nc1COC. The van der Waals surface area contributed by atoms with Gasteiger partial charge in [-0.15, -0.1) is 11.3 Å². The van der Waals surface area contributed by atoms with Gasteiger partial charge in [0.1, 0.15) is 5.01 Å². The van der Waals surface area contributed by atoms with E-state index in [1.54, 1.807) is 18.4 Å². The van der Waals surface area contributed by atoms with E-state index in [4.69, 9.17) is 4.74 Å². The van der Waals surface area contributed by atoms with Gasteiger partial charge in [-0.05, 0) is 13.1 Å². The first-order chi connectivity index (χ1) is 8.76. The minimum absolute atomic E-state index is 0.554. The van der Waals surface area contributed by atoms with Crippen LogP contribution < -0.4 is 5.32 Å². The molecule has 0 fully saturated rings. The molecule has 3 nitrogen and oxygen atoms in total. The van der Waals surface area contributed by atoms with E-state index in [0.717, 1.165) is 27.3 Å². The number of benzene rings is 1. The van der Waals surface area contributed by atoms with E-state index >= 15 is 0 Å². The van der Waals surface area contributed by atoms with E-state index in [1.165, 1.54) is 4.88 Å². The first-order valence-corrected chi connectivity index (χ1v) is 7.24. The number of aromatic nitrogens is 1. The Morgan fingerprint density at radius 2 is 2.17 bits per heavy atom. The second-order valence-corrected chi connectivity index (χ2v) is 5.77. The molecule has 1 aromatic carbocycles. The van der Waals surface area contributed by atoms with Crippen molar-refractivity contribution in [3.63, 3.8) is 0 Å². The number of hydrogen-bond donors (Lipinski definition) is 1. The highest BCUT2D eigenvalue weighted by molar-refractivity contribution is 9.10. The Hall–Kier alpha value is -0.750. The van der Waals surface area contributed by atoms with Crippen LogP contribution in [0.2, 0.25) is 0 Å². The van der Waals surface area contributed by atoms with Crippen molar-refractivity contribution in [2.45, 2.75) is 13.2 Å². The van der Waals surface area contributed by atoms with E-state index in [9.17, 15) is 0 Å². The molecule has 18 heavy (non-hydrogen) atoms. The number of methoxy groups -OCH3 is 1. The molecule has 0 unspecified atom stereocenters. The summed E-state index contributed by atoms with van der Waals surface area (Å²) in [6.45, 7) is 1.37. The van der Waals surface area contributed by atoms with Gasteiger partial charge in [0.15, 0.2) is 0 Å². The highest BCUT2D eigenvalue weighted by atomic mass is 79.9. The molecule has 2 aromatic rings. The van der Waals surface area contributed by atoms with E-state index < -0.39 is 0 Å². The van der Waals surface area contributed by atoms with Crippen molar-refractivity contribution in [1.82, 2.24) is 10.3 Å². The number of nitrogens with one attached hydrogen (secondary N) is 1. The highest BCUT2D eigenvalue weighted by Gasteiger charge is 2.13. The van der Waals surface area contributed by atoms with Crippen molar-refractivity contribution < 1.29 is 4.74 Å². The zero-order valence-electron chi connectivity index (χ0n) is 10.4. The van der Waals surface area contributed by atoms with Gasteiger partial charge in [-0.25, -0.2) is 4.98 Å². The lowest BCUT2D eigenvalue weighted by molar-refractivity contribution is 0.181. The number of hydrogen-bond acceptors (Lipinski definition) is 4. The van der Waals surface area contributed by atoms with E-state index in [2.05, 4.69) is 32.3 Å². The molecule has 0 aliphatic heterocycles. The van der Waals surface area contributed by atoms with Crippen molar-refractivity contribution >= 4 is 27.3 Å². The number of halogens is 1. The summed E-state index contributed by atoms with van der Waals surface area (Å²) in [5.74, 6) is 0. The van der Waals surface area contributed by atoms with Crippen molar-refractivity contribution in [2.24, 2.45) is 0 Å². The van der Waals surface area contributed by atoms with Gasteiger partial charge in [-0.3, -0.25) is 0 Å². The zero-order valence-corrected chi connectivity index (χ0v) is 12.8. The van der Waals surface area contributed by atoms with Crippen LogP contribution in [0.4, 0.5) is 0 Å². The molecular weight excluding hydrogens is 312 g/mol. The Kier molecular flexibility index (Phi) is 4.88. The summed E-state index contributed by atoms with van der Waals surface area (Å²) >= 11 is 5.27. The van der Waals surface area contributed by atoms with E-state index in [1.807, 2.05) is 25.2 Å². The largest absolute Gasteiger partial charge is 0.378 e. The fourth-order valence-electron chi connectivity index (χ4n) is 1.68. The maximum absolute atomic E-state index is 5.20. The Morgan fingerprint density at radius 3 is 2.83 bits per heavy atom. The Morgan fingerprint density at radius 1 is 1.39 bits per heavy atom. The monoisotopic (exact) mass is 326 g/mol. The summed E-state index contributed by atoms with van der Waals surface area (Å²) in [5.41, 5.74) is 2.14. The summed E-state index contributed by atoms with van der Waals surface area (Å²) in [6, 6.07) is 8.13. The fraction of sp³-hybridized carbons (Fsp3) is 0.308. The Bertz CT molecular complexity index is 504. The fourth-order valence-corrected chi connectivity index (χ4v) is 3.40. The van der Waals surface area contributed by atoms with Crippen LogP contribution in [0, 0.1) is 0 Å². The predicted octanol–water partition coefficient (Wildman–Crippen LogP) is 3.44. The normalized spacial score (nSPS) is 10.8. The van der Waals surface area contributed by atoms with Crippen molar-refractivity contribution in [1.29, 1.82) is 0 Å². The third-order valence-electron chi connectivity index (χ3n) is 2.50. The van der Waals surface area contributed by atoms with Crippen LogP contribution in [0.1, 0.15) is 10.6 Å². The molecule has 2 rings (SSSR count). The third-order valence-corrected chi connectivity index (χ3v) is 4.32. The van der Waals surface area contributed by atoms with Crippen LogP contribution in [0.5, 0.6) is 0 Å². The van der Waals surface area contributed by atoms with Crippen LogP contribution in [-0.4, -0.2) is 19.1 Å². The van der Waals surface area contributed by atoms with Gasteiger partial charge >= 0.3 is 0 Å². The maximum Gasteiger partial charge on any atom is 0.125 e. The molecule has 0 radical (unpaired) electrons. The van der Waals surface area contributed by atoms with Gasteiger partial charge in [0.2, 0.25) is 0 Å². The average Bonchev–Trinajstić information content (AvgIpc) is 2.74. The second kappa shape index (κ2) is 6.43. The van der Waals surface area contributed by atoms with Crippen molar-refractivity contribution in [2.75, 3.05) is 14.2 Å². The van der Waals surface area contributed by atoms with Crippen LogP contribution in [-0.2, 0) is 17.9 Å². The lowest BCUT2D eigenvalue weighted by Crippen LogP contribution is -2.06. The van der Waals surface area contributed by atoms with Crippen LogP contribution >= 0.6 is 27.3 Å². The quantitative estimate of drug-likeness (QED) is 0.913. The first kappa shape index (κ1) is 13.7. The predicted molar refractivity (Wildman–Crippen MR) is 78.7 cm³/mol. The molecule has 0 saturated carbocycles. The molecule has 1 N–H and O–H groups in total. The molecule has 0 spiro atoms. The Labute approximate surface area is 119 Å². The summed E-state index contributed by atoms with van der Waals surface area (Å²) in [7, 11) is 3.63. The summed E-state index contributed by atoms with van der Waals surface area (Å²) in [6.07, 6.45) is 0. The third kappa shape index (κ3) is 2.98. The topological polar surface area (TPSA) is 34.2 Å². The Balaban J connectivity index is 2.40. The number of rotatable bonds is 5. The van der Waals surface area contributed by atoms with Gasteiger partial charge in [-0.2, -0.15) is 0 Å². The van der Waals surface area contributed by atoms with Crippen molar-refractivity contribution in [3.05, 3.63) is 39.3 Å². The van der Waals surface area contributed by atoms with Gasteiger partial charge < -0.3 is 10.1 Å². The molecule has 1 heterocycles. The van der Waals surface area contributed by atoms with Gasteiger partial charge in [-0.1, -0.05) is 34.1 Å². The molecule has 0 aliphatic carbocycles. The summed E-state index contributed by atoms with van der Waals surface area (Å²) in [4.78, 5) is 5.90. The second-order valence-electron chi connectivity index (χ2n) is 3.83. The number of nitrogens with zero attached hydrogens (tertiary/aromatic N) is 1. The molecule has 5 heteroatoms.